The van der Waals surface area contributed by atoms with Crippen LogP contribution in [0.25, 0.3) is 0 Å². The molecule has 1 saturated carbocycles. The van der Waals surface area contributed by atoms with Crippen LogP contribution in [0.3, 0.4) is 0 Å². The van der Waals surface area contributed by atoms with Gasteiger partial charge in [-0.25, -0.2) is 0 Å². The van der Waals surface area contributed by atoms with Crippen molar-refractivity contribution in [2.45, 2.75) is 46.0 Å². The molecule has 1 aromatic heterocycles. The van der Waals surface area contributed by atoms with Gasteiger partial charge in [0.15, 0.2) is 0 Å². The summed E-state index contributed by atoms with van der Waals surface area (Å²) in [6.07, 6.45) is 5.37. The van der Waals surface area contributed by atoms with Crippen molar-refractivity contribution >= 4 is 11.8 Å². The number of carbonyl (C=O) groups is 2. The van der Waals surface area contributed by atoms with Crippen LogP contribution in [0.5, 0.6) is 0 Å². The Morgan fingerprint density at radius 1 is 1.24 bits per heavy atom. The number of aryl methyl sites for hydroxylation is 1. The normalized spacial score (nSPS) is 26.8. The van der Waals surface area contributed by atoms with Gasteiger partial charge in [-0.1, -0.05) is 0 Å². The minimum atomic E-state index is -0.319. The van der Waals surface area contributed by atoms with Crippen molar-refractivity contribution in [3.63, 3.8) is 0 Å². The number of piperidine rings is 1. The standard InChI is InChI=1S/C20H29N3O2/c1-14-11-17(15(2)21(14)3)18(24)23-10-8-20(13-23)7-4-9-22(19(20)25)12-16-5-6-16/h11,16H,4-10,12-13H2,1-3H3/t20-/m1/s1. The fraction of sp³-hybridized carbons (Fsp3) is 0.700. The molecule has 136 valence electrons. The summed E-state index contributed by atoms with van der Waals surface area (Å²) in [6, 6.07) is 1.98. The summed E-state index contributed by atoms with van der Waals surface area (Å²) in [4.78, 5) is 30.2. The third-order valence-electron chi connectivity index (χ3n) is 6.65. The van der Waals surface area contributed by atoms with Crippen LogP contribution >= 0.6 is 0 Å². The molecule has 5 heteroatoms. The van der Waals surface area contributed by atoms with Crippen molar-refractivity contribution in [3.8, 4) is 0 Å². The average molecular weight is 343 g/mol. The van der Waals surface area contributed by atoms with E-state index in [2.05, 4.69) is 9.47 Å². The molecule has 1 aromatic rings. The highest BCUT2D eigenvalue weighted by Gasteiger charge is 2.50. The topological polar surface area (TPSA) is 45.6 Å². The lowest BCUT2D eigenvalue weighted by molar-refractivity contribution is -0.145. The van der Waals surface area contributed by atoms with Gasteiger partial charge in [0, 0.05) is 44.6 Å². The van der Waals surface area contributed by atoms with Crippen molar-refractivity contribution in [2.24, 2.45) is 18.4 Å². The van der Waals surface area contributed by atoms with Crippen molar-refractivity contribution in [2.75, 3.05) is 26.2 Å². The van der Waals surface area contributed by atoms with E-state index in [1.165, 1.54) is 12.8 Å². The molecule has 25 heavy (non-hydrogen) atoms. The summed E-state index contributed by atoms with van der Waals surface area (Å²) in [7, 11) is 1.99. The largest absolute Gasteiger partial charge is 0.351 e. The molecule has 0 radical (unpaired) electrons. The van der Waals surface area contributed by atoms with Crippen molar-refractivity contribution < 1.29 is 9.59 Å². The number of hydrogen-bond acceptors (Lipinski definition) is 2. The van der Waals surface area contributed by atoms with Gasteiger partial charge in [0.1, 0.15) is 0 Å². The van der Waals surface area contributed by atoms with Gasteiger partial charge in [-0.05, 0) is 57.9 Å². The van der Waals surface area contributed by atoms with Crippen molar-refractivity contribution in [1.29, 1.82) is 0 Å². The molecule has 3 heterocycles. The van der Waals surface area contributed by atoms with E-state index >= 15 is 0 Å². The van der Waals surface area contributed by atoms with Crippen LogP contribution in [-0.2, 0) is 11.8 Å². The zero-order valence-corrected chi connectivity index (χ0v) is 15.7. The highest BCUT2D eigenvalue weighted by atomic mass is 16.2. The molecule has 0 bridgehead atoms. The molecule has 5 nitrogen and oxygen atoms in total. The second-order valence-corrected chi connectivity index (χ2v) is 8.40. The summed E-state index contributed by atoms with van der Waals surface area (Å²) in [5, 5.41) is 0. The van der Waals surface area contributed by atoms with E-state index in [4.69, 9.17) is 0 Å². The lowest BCUT2D eigenvalue weighted by Gasteiger charge is -2.39. The van der Waals surface area contributed by atoms with E-state index < -0.39 is 0 Å². The zero-order chi connectivity index (χ0) is 17.8. The molecular weight excluding hydrogens is 314 g/mol. The van der Waals surface area contributed by atoms with E-state index in [0.717, 1.165) is 55.2 Å². The number of rotatable bonds is 3. The highest BCUT2D eigenvalue weighted by molar-refractivity contribution is 5.97. The number of amides is 2. The van der Waals surface area contributed by atoms with E-state index in [9.17, 15) is 9.59 Å². The number of aromatic nitrogens is 1. The Labute approximate surface area is 150 Å². The SMILES string of the molecule is Cc1cc(C(=O)N2CC[C@]3(CCCN(CC4CC4)C3=O)C2)c(C)n1C. The monoisotopic (exact) mass is 343 g/mol. The van der Waals surface area contributed by atoms with Gasteiger partial charge in [-0.3, -0.25) is 9.59 Å². The number of carbonyl (C=O) groups excluding carboxylic acids is 2. The minimum Gasteiger partial charge on any atom is -0.351 e. The van der Waals surface area contributed by atoms with Gasteiger partial charge in [0.25, 0.3) is 5.91 Å². The molecule has 1 atom stereocenters. The maximum Gasteiger partial charge on any atom is 0.255 e. The molecule has 3 aliphatic rings. The fourth-order valence-electron chi connectivity index (χ4n) is 4.61. The van der Waals surface area contributed by atoms with Crippen LogP contribution in [0.1, 0.15) is 53.8 Å². The third-order valence-corrected chi connectivity index (χ3v) is 6.65. The number of hydrogen-bond donors (Lipinski definition) is 0. The predicted octanol–water partition coefficient (Wildman–Crippen LogP) is 2.51. The minimum absolute atomic E-state index is 0.0881. The molecule has 2 aliphatic heterocycles. The molecule has 3 fully saturated rings. The fourth-order valence-corrected chi connectivity index (χ4v) is 4.61. The second kappa shape index (κ2) is 5.89. The van der Waals surface area contributed by atoms with Crippen molar-refractivity contribution in [1.82, 2.24) is 14.4 Å². The van der Waals surface area contributed by atoms with Crippen LogP contribution in [0.2, 0.25) is 0 Å². The Balaban J connectivity index is 1.50. The lowest BCUT2D eigenvalue weighted by Crippen LogP contribution is -2.51. The molecule has 0 N–H and O–H groups in total. The number of likely N-dealkylation sites (tertiary alicyclic amines) is 2. The van der Waals surface area contributed by atoms with Crippen LogP contribution in [-0.4, -0.2) is 52.4 Å². The van der Waals surface area contributed by atoms with Gasteiger partial charge in [0.05, 0.1) is 11.0 Å². The third kappa shape index (κ3) is 2.77. The molecule has 1 spiro atoms. The Morgan fingerprint density at radius 2 is 2.00 bits per heavy atom. The quantitative estimate of drug-likeness (QED) is 0.846. The molecular formula is C20H29N3O2. The predicted molar refractivity (Wildman–Crippen MR) is 96.4 cm³/mol. The van der Waals surface area contributed by atoms with Crippen LogP contribution in [0.4, 0.5) is 0 Å². The van der Waals surface area contributed by atoms with Crippen LogP contribution in [0.15, 0.2) is 6.07 Å². The van der Waals surface area contributed by atoms with Gasteiger partial charge in [-0.15, -0.1) is 0 Å². The summed E-state index contributed by atoms with van der Waals surface area (Å²) in [5.41, 5.74) is 2.57. The van der Waals surface area contributed by atoms with Gasteiger partial charge < -0.3 is 14.4 Å². The summed E-state index contributed by atoms with van der Waals surface area (Å²) < 4.78 is 2.06. The molecule has 4 rings (SSSR count). The molecule has 1 aliphatic carbocycles. The Hall–Kier alpha value is -1.78. The van der Waals surface area contributed by atoms with Gasteiger partial charge in [-0.2, -0.15) is 0 Å². The first-order valence-corrected chi connectivity index (χ1v) is 9.63. The smallest absolute Gasteiger partial charge is 0.255 e. The summed E-state index contributed by atoms with van der Waals surface area (Å²) in [6.45, 7) is 7.16. The Bertz CT molecular complexity index is 719. The number of nitrogens with zero attached hydrogens (tertiary/aromatic N) is 3. The van der Waals surface area contributed by atoms with Gasteiger partial charge in [0.2, 0.25) is 5.91 Å². The zero-order valence-electron chi connectivity index (χ0n) is 15.7. The second-order valence-electron chi connectivity index (χ2n) is 8.40. The average Bonchev–Trinajstić information content (AvgIpc) is 3.26. The van der Waals surface area contributed by atoms with Crippen LogP contribution in [0, 0.1) is 25.2 Å². The maximum absolute atomic E-state index is 13.1. The first-order valence-electron chi connectivity index (χ1n) is 9.63. The van der Waals surface area contributed by atoms with E-state index in [0.29, 0.717) is 19.0 Å². The maximum atomic E-state index is 13.1. The van der Waals surface area contributed by atoms with Gasteiger partial charge >= 0.3 is 0 Å². The van der Waals surface area contributed by atoms with Crippen LogP contribution < -0.4 is 0 Å². The van der Waals surface area contributed by atoms with Crippen molar-refractivity contribution in [3.05, 3.63) is 23.0 Å². The molecule has 0 aromatic carbocycles. The lowest BCUT2D eigenvalue weighted by atomic mass is 9.78. The molecule has 2 saturated heterocycles. The molecule has 2 amide bonds. The van der Waals surface area contributed by atoms with E-state index in [-0.39, 0.29) is 11.3 Å². The van der Waals surface area contributed by atoms with E-state index in [1.807, 2.05) is 31.9 Å². The summed E-state index contributed by atoms with van der Waals surface area (Å²) in [5.74, 6) is 1.13. The Kier molecular flexibility index (Phi) is 3.93. The molecule has 0 unspecified atom stereocenters. The Morgan fingerprint density at radius 3 is 2.64 bits per heavy atom. The van der Waals surface area contributed by atoms with E-state index in [1.54, 1.807) is 0 Å². The highest BCUT2D eigenvalue weighted by Crippen LogP contribution is 2.42. The first-order chi connectivity index (χ1) is 11.9. The summed E-state index contributed by atoms with van der Waals surface area (Å²) >= 11 is 0. The first kappa shape index (κ1) is 16.7.